The molecule has 0 unspecified atom stereocenters. The molecule has 0 saturated carbocycles. The zero-order valence-corrected chi connectivity index (χ0v) is 9.09. The third kappa shape index (κ3) is 6.28. The minimum Gasteiger partial charge on any atom is -0.415 e. The van der Waals surface area contributed by atoms with Crippen LogP contribution in [0, 0.1) is 0 Å². The molecule has 12 heavy (non-hydrogen) atoms. The molecule has 0 aromatic carbocycles. The summed E-state index contributed by atoms with van der Waals surface area (Å²) in [7, 11) is -1.44. The van der Waals surface area contributed by atoms with Crippen molar-refractivity contribution >= 4 is 14.4 Å². The molecule has 0 saturated heterocycles. The Hall–Kier alpha value is -0.443. The SMILES string of the molecule is CCC[Si](C)(C)OCCN=C=O. The van der Waals surface area contributed by atoms with E-state index in [9.17, 15) is 4.79 Å². The number of nitrogens with zero attached hydrogens (tertiary/aromatic N) is 1. The van der Waals surface area contributed by atoms with Gasteiger partial charge in [0.25, 0.3) is 0 Å². The first-order valence-corrected chi connectivity index (χ1v) is 7.41. The van der Waals surface area contributed by atoms with E-state index >= 15 is 0 Å². The Labute approximate surface area is 75.0 Å². The van der Waals surface area contributed by atoms with Gasteiger partial charge < -0.3 is 4.43 Å². The molecule has 0 heterocycles. The van der Waals surface area contributed by atoms with Gasteiger partial charge in [-0.1, -0.05) is 13.3 Å². The first-order valence-electron chi connectivity index (χ1n) is 4.30. The number of carbonyl (C=O) groups excluding carboxylic acids is 1. The molecule has 0 aliphatic carbocycles. The maximum atomic E-state index is 9.72. The Morgan fingerprint density at radius 3 is 2.67 bits per heavy atom. The van der Waals surface area contributed by atoms with Crippen LogP contribution in [-0.2, 0) is 9.22 Å². The normalized spacial score (nSPS) is 10.9. The lowest BCUT2D eigenvalue weighted by Gasteiger charge is -2.21. The monoisotopic (exact) mass is 187 g/mol. The van der Waals surface area contributed by atoms with Crippen LogP contribution in [0.3, 0.4) is 0 Å². The molecule has 0 N–H and O–H groups in total. The van der Waals surface area contributed by atoms with Crippen LogP contribution in [0.15, 0.2) is 4.99 Å². The topological polar surface area (TPSA) is 38.7 Å². The smallest absolute Gasteiger partial charge is 0.235 e. The van der Waals surface area contributed by atoms with E-state index in [-0.39, 0.29) is 0 Å². The lowest BCUT2D eigenvalue weighted by Crippen LogP contribution is -2.30. The standard InChI is InChI=1S/C8H17NO2Si/c1-4-7-12(2,3)11-6-5-9-8-10/h4-7H2,1-3H3. The van der Waals surface area contributed by atoms with Crippen LogP contribution in [-0.4, -0.2) is 27.5 Å². The zero-order chi connectivity index (χ0) is 9.45. The van der Waals surface area contributed by atoms with Crippen molar-refractivity contribution < 1.29 is 9.22 Å². The van der Waals surface area contributed by atoms with E-state index in [0.29, 0.717) is 13.2 Å². The summed E-state index contributed by atoms with van der Waals surface area (Å²) in [6.45, 7) is 7.53. The lowest BCUT2D eigenvalue weighted by atomic mass is 10.6. The van der Waals surface area contributed by atoms with Crippen LogP contribution in [0.1, 0.15) is 13.3 Å². The Morgan fingerprint density at radius 1 is 1.50 bits per heavy atom. The quantitative estimate of drug-likeness (QED) is 0.276. The average molecular weight is 187 g/mol. The van der Waals surface area contributed by atoms with Gasteiger partial charge in [0.1, 0.15) is 0 Å². The predicted octanol–water partition coefficient (Wildman–Crippen LogP) is 1.95. The van der Waals surface area contributed by atoms with E-state index < -0.39 is 8.32 Å². The fraction of sp³-hybridized carbons (Fsp3) is 0.875. The highest BCUT2D eigenvalue weighted by Crippen LogP contribution is 2.12. The van der Waals surface area contributed by atoms with E-state index in [0.717, 1.165) is 12.5 Å². The zero-order valence-electron chi connectivity index (χ0n) is 8.09. The molecule has 0 atom stereocenters. The van der Waals surface area contributed by atoms with Gasteiger partial charge in [-0.25, -0.2) is 9.79 Å². The molecule has 0 aliphatic heterocycles. The molecule has 0 amide bonds. The van der Waals surface area contributed by atoms with Gasteiger partial charge in [0, 0.05) is 0 Å². The molecular weight excluding hydrogens is 170 g/mol. The van der Waals surface area contributed by atoms with E-state index in [2.05, 4.69) is 25.0 Å². The number of hydrogen-bond donors (Lipinski definition) is 0. The molecule has 0 bridgehead atoms. The summed E-state index contributed by atoms with van der Waals surface area (Å²) in [6, 6.07) is 1.16. The van der Waals surface area contributed by atoms with Crippen LogP contribution in [0.5, 0.6) is 0 Å². The van der Waals surface area contributed by atoms with Crippen LogP contribution < -0.4 is 0 Å². The van der Waals surface area contributed by atoms with Crippen molar-refractivity contribution in [1.82, 2.24) is 0 Å². The second-order valence-corrected chi connectivity index (χ2v) is 7.64. The Kier molecular flexibility index (Phi) is 5.89. The predicted molar refractivity (Wildman–Crippen MR) is 51.5 cm³/mol. The Morgan fingerprint density at radius 2 is 2.17 bits per heavy atom. The summed E-state index contributed by atoms with van der Waals surface area (Å²) in [5.41, 5.74) is 0. The van der Waals surface area contributed by atoms with Crippen molar-refractivity contribution in [2.45, 2.75) is 32.5 Å². The maximum absolute atomic E-state index is 9.72. The molecule has 0 aromatic rings. The van der Waals surface area contributed by atoms with E-state index in [4.69, 9.17) is 4.43 Å². The van der Waals surface area contributed by atoms with Gasteiger partial charge in [-0.15, -0.1) is 0 Å². The number of aliphatic imine (C=N–C) groups is 1. The van der Waals surface area contributed by atoms with Crippen LogP contribution in [0.4, 0.5) is 0 Å². The summed E-state index contributed by atoms with van der Waals surface area (Å²) in [5.74, 6) is 0. The molecule has 4 heteroatoms. The van der Waals surface area contributed by atoms with Gasteiger partial charge in [0.05, 0.1) is 13.2 Å². The molecule has 0 aliphatic rings. The first kappa shape index (κ1) is 11.6. The third-order valence-electron chi connectivity index (χ3n) is 1.61. The highest BCUT2D eigenvalue weighted by Gasteiger charge is 2.20. The highest BCUT2D eigenvalue weighted by atomic mass is 28.4. The Bertz CT molecular complexity index is 164. The van der Waals surface area contributed by atoms with Gasteiger partial charge in [0.15, 0.2) is 8.32 Å². The lowest BCUT2D eigenvalue weighted by molar-refractivity contribution is 0.317. The molecule has 0 fully saturated rings. The van der Waals surface area contributed by atoms with Gasteiger partial charge in [-0.05, 0) is 19.1 Å². The number of hydrogen-bond acceptors (Lipinski definition) is 3. The second kappa shape index (κ2) is 6.12. The third-order valence-corrected chi connectivity index (χ3v) is 4.30. The van der Waals surface area contributed by atoms with Crippen molar-refractivity contribution in [2.24, 2.45) is 4.99 Å². The minimum absolute atomic E-state index is 0.448. The highest BCUT2D eigenvalue weighted by molar-refractivity contribution is 6.71. The number of rotatable bonds is 6. The largest absolute Gasteiger partial charge is 0.415 e. The summed E-state index contributed by atoms with van der Waals surface area (Å²) in [6.07, 6.45) is 2.66. The number of isocyanates is 1. The molecule has 3 nitrogen and oxygen atoms in total. The van der Waals surface area contributed by atoms with Crippen molar-refractivity contribution in [3.05, 3.63) is 0 Å². The van der Waals surface area contributed by atoms with Crippen molar-refractivity contribution in [1.29, 1.82) is 0 Å². The van der Waals surface area contributed by atoms with Gasteiger partial charge in [-0.3, -0.25) is 0 Å². The molecule has 0 spiro atoms. The molecule has 0 aromatic heterocycles. The van der Waals surface area contributed by atoms with Crippen molar-refractivity contribution in [3.63, 3.8) is 0 Å². The van der Waals surface area contributed by atoms with E-state index in [1.54, 1.807) is 0 Å². The first-order chi connectivity index (χ1) is 5.62. The van der Waals surface area contributed by atoms with E-state index in [1.807, 2.05) is 0 Å². The van der Waals surface area contributed by atoms with Crippen LogP contribution in [0.2, 0.25) is 19.1 Å². The maximum Gasteiger partial charge on any atom is 0.235 e. The van der Waals surface area contributed by atoms with Crippen molar-refractivity contribution in [2.75, 3.05) is 13.2 Å². The average Bonchev–Trinajstić information content (AvgIpc) is 1.98. The van der Waals surface area contributed by atoms with Gasteiger partial charge in [-0.2, -0.15) is 0 Å². The fourth-order valence-corrected chi connectivity index (χ4v) is 3.08. The summed E-state index contributed by atoms with van der Waals surface area (Å²) in [4.78, 5) is 13.1. The summed E-state index contributed by atoms with van der Waals surface area (Å²) >= 11 is 0. The van der Waals surface area contributed by atoms with Crippen molar-refractivity contribution in [3.8, 4) is 0 Å². The fourth-order valence-electron chi connectivity index (χ4n) is 1.09. The van der Waals surface area contributed by atoms with E-state index in [1.165, 1.54) is 6.08 Å². The van der Waals surface area contributed by atoms with Gasteiger partial charge >= 0.3 is 0 Å². The second-order valence-electron chi connectivity index (χ2n) is 3.33. The van der Waals surface area contributed by atoms with Crippen LogP contribution >= 0.6 is 0 Å². The van der Waals surface area contributed by atoms with Gasteiger partial charge in [0.2, 0.25) is 6.08 Å². The van der Waals surface area contributed by atoms with Crippen LogP contribution in [0.25, 0.3) is 0 Å². The Balaban J connectivity index is 3.52. The summed E-state index contributed by atoms with van der Waals surface area (Å²) in [5, 5.41) is 0. The molecular formula is C8H17NO2Si. The molecule has 0 rings (SSSR count). The summed E-state index contributed by atoms with van der Waals surface area (Å²) < 4.78 is 5.64. The molecule has 70 valence electrons. The molecule has 0 radical (unpaired) electrons. The minimum atomic E-state index is -1.44.